The van der Waals surface area contributed by atoms with Crippen molar-refractivity contribution in [2.45, 2.75) is 19.8 Å². The van der Waals surface area contributed by atoms with Gasteiger partial charge in [-0.3, -0.25) is 9.59 Å². The van der Waals surface area contributed by atoms with Crippen molar-refractivity contribution in [3.05, 3.63) is 0 Å². The van der Waals surface area contributed by atoms with E-state index in [0.29, 0.717) is 19.6 Å². The van der Waals surface area contributed by atoms with Crippen LogP contribution in [0.2, 0.25) is 0 Å². The molecule has 68 valence electrons. The van der Waals surface area contributed by atoms with Crippen LogP contribution in [0.3, 0.4) is 0 Å². The summed E-state index contributed by atoms with van der Waals surface area (Å²) < 4.78 is 9.40. The van der Waals surface area contributed by atoms with Crippen molar-refractivity contribution >= 4 is 11.9 Å². The molecule has 0 bridgehead atoms. The Hall–Kier alpha value is -1.06. The smallest absolute Gasteiger partial charge is 0.309 e. The van der Waals surface area contributed by atoms with Gasteiger partial charge in [-0.15, -0.1) is 0 Å². The van der Waals surface area contributed by atoms with Crippen molar-refractivity contribution in [1.29, 1.82) is 0 Å². The summed E-state index contributed by atoms with van der Waals surface area (Å²) in [5.41, 5.74) is 0. The lowest BCUT2D eigenvalue weighted by molar-refractivity contribution is -0.149. The summed E-state index contributed by atoms with van der Waals surface area (Å²) in [6.45, 7) is 2.54. The van der Waals surface area contributed by atoms with Crippen molar-refractivity contribution in [1.82, 2.24) is 0 Å². The van der Waals surface area contributed by atoms with Gasteiger partial charge in [0.05, 0.1) is 25.6 Å². The van der Waals surface area contributed by atoms with Crippen LogP contribution in [-0.2, 0) is 19.1 Å². The minimum Gasteiger partial charge on any atom is -0.466 e. The molecule has 4 nitrogen and oxygen atoms in total. The zero-order chi connectivity index (χ0) is 8.97. The van der Waals surface area contributed by atoms with Crippen molar-refractivity contribution in [2.24, 2.45) is 5.92 Å². The summed E-state index contributed by atoms with van der Waals surface area (Å²) >= 11 is 0. The van der Waals surface area contributed by atoms with Crippen LogP contribution in [-0.4, -0.2) is 25.2 Å². The van der Waals surface area contributed by atoms with Gasteiger partial charge in [-0.2, -0.15) is 0 Å². The van der Waals surface area contributed by atoms with Crippen LogP contribution in [0, 0.1) is 5.92 Å². The van der Waals surface area contributed by atoms with E-state index in [1.807, 2.05) is 0 Å². The Morgan fingerprint density at radius 1 is 1.75 bits per heavy atom. The van der Waals surface area contributed by atoms with Crippen LogP contribution in [0.15, 0.2) is 0 Å². The summed E-state index contributed by atoms with van der Waals surface area (Å²) in [6.07, 6.45) is 0.796. The van der Waals surface area contributed by atoms with Crippen LogP contribution < -0.4 is 0 Å². The monoisotopic (exact) mass is 172 g/mol. The molecular weight excluding hydrogens is 160 g/mol. The van der Waals surface area contributed by atoms with E-state index in [1.165, 1.54) is 0 Å². The molecule has 1 aliphatic rings. The standard InChI is InChI=1S/C8H12O4/c1-2-11-7(9)5-6-3-4-12-8(6)10/h6H,2-5H2,1H3. The van der Waals surface area contributed by atoms with Crippen LogP contribution in [0.4, 0.5) is 0 Å². The zero-order valence-electron chi connectivity index (χ0n) is 7.04. The average Bonchev–Trinajstić information content (AvgIpc) is 2.37. The fourth-order valence-corrected chi connectivity index (χ4v) is 1.14. The molecule has 0 aromatic heterocycles. The van der Waals surface area contributed by atoms with Crippen molar-refractivity contribution in [3.8, 4) is 0 Å². The summed E-state index contributed by atoms with van der Waals surface area (Å²) in [5.74, 6) is -0.867. The van der Waals surface area contributed by atoms with Gasteiger partial charge < -0.3 is 9.47 Å². The third-order valence-electron chi connectivity index (χ3n) is 1.76. The molecule has 0 aliphatic carbocycles. The summed E-state index contributed by atoms with van der Waals surface area (Å²) in [4.78, 5) is 21.8. The van der Waals surface area contributed by atoms with E-state index in [-0.39, 0.29) is 24.3 Å². The molecule has 0 saturated carbocycles. The number of rotatable bonds is 3. The molecule has 1 aliphatic heterocycles. The van der Waals surface area contributed by atoms with Gasteiger partial charge in [-0.1, -0.05) is 0 Å². The van der Waals surface area contributed by atoms with Gasteiger partial charge in [0.25, 0.3) is 0 Å². The van der Waals surface area contributed by atoms with E-state index in [9.17, 15) is 9.59 Å². The van der Waals surface area contributed by atoms with Gasteiger partial charge in [0.15, 0.2) is 0 Å². The topological polar surface area (TPSA) is 52.6 Å². The number of cyclic esters (lactones) is 1. The van der Waals surface area contributed by atoms with E-state index in [2.05, 4.69) is 0 Å². The third-order valence-corrected chi connectivity index (χ3v) is 1.76. The van der Waals surface area contributed by atoms with Gasteiger partial charge in [0, 0.05) is 0 Å². The number of ether oxygens (including phenoxy) is 2. The second kappa shape index (κ2) is 4.09. The van der Waals surface area contributed by atoms with Crippen molar-refractivity contribution in [3.63, 3.8) is 0 Å². The predicted molar refractivity (Wildman–Crippen MR) is 40.3 cm³/mol. The highest BCUT2D eigenvalue weighted by atomic mass is 16.5. The first-order valence-electron chi connectivity index (χ1n) is 4.06. The largest absolute Gasteiger partial charge is 0.466 e. The molecule has 0 spiro atoms. The first kappa shape index (κ1) is 9.03. The predicted octanol–water partition coefficient (Wildman–Crippen LogP) is 0.503. The lowest BCUT2D eigenvalue weighted by atomic mass is 10.1. The highest BCUT2D eigenvalue weighted by molar-refractivity contribution is 5.80. The Bertz CT molecular complexity index is 187. The number of hydrogen-bond acceptors (Lipinski definition) is 4. The van der Waals surface area contributed by atoms with Crippen LogP contribution in [0.5, 0.6) is 0 Å². The number of carbonyl (C=O) groups excluding carboxylic acids is 2. The number of carbonyl (C=O) groups is 2. The quantitative estimate of drug-likeness (QED) is 0.582. The summed E-state index contributed by atoms with van der Waals surface area (Å²) in [6, 6.07) is 0. The molecule has 12 heavy (non-hydrogen) atoms. The lowest BCUT2D eigenvalue weighted by Crippen LogP contribution is -2.15. The first-order valence-corrected chi connectivity index (χ1v) is 4.06. The maximum Gasteiger partial charge on any atom is 0.309 e. The van der Waals surface area contributed by atoms with Gasteiger partial charge >= 0.3 is 11.9 Å². The molecule has 0 aromatic rings. The Kier molecular flexibility index (Phi) is 3.08. The minimum absolute atomic E-state index is 0.159. The highest BCUT2D eigenvalue weighted by Gasteiger charge is 2.28. The minimum atomic E-state index is -0.318. The van der Waals surface area contributed by atoms with E-state index < -0.39 is 0 Å². The molecule has 0 radical (unpaired) electrons. The molecule has 0 N–H and O–H groups in total. The van der Waals surface area contributed by atoms with Crippen LogP contribution in [0.25, 0.3) is 0 Å². The second-order valence-electron chi connectivity index (χ2n) is 2.66. The molecule has 4 heteroatoms. The maximum atomic E-state index is 10.9. The molecule has 1 rings (SSSR count). The lowest BCUT2D eigenvalue weighted by Gasteiger charge is -2.03. The van der Waals surface area contributed by atoms with Gasteiger partial charge in [-0.05, 0) is 13.3 Å². The normalized spacial score (nSPS) is 22.1. The molecule has 1 fully saturated rings. The van der Waals surface area contributed by atoms with E-state index in [1.54, 1.807) is 6.92 Å². The van der Waals surface area contributed by atoms with Crippen LogP contribution in [0.1, 0.15) is 19.8 Å². The molecule has 1 atom stereocenters. The third kappa shape index (κ3) is 2.22. The van der Waals surface area contributed by atoms with Gasteiger partial charge in [0.2, 0.25) is 0 Å². The van der Waals surface area contributed by atoms with Gasteiger partial charge in [0.1, 0.15) is 0 Å². The average molecular weight is 172 g/mol. The highest BCUT2D eigenvalue weighted by Crippen LogP contribution is 2.18. The van der Waals surface area contributed by atoms with Gasteiger partial charge in [-0.25, -0.2) is 0 Å². The Balaban J connectivity index is 2.30. The molecular formula is C8H12O4. The Morgan fingerprint density at radius 2 is 2.50 bits per heavy atom. The molecule has 1 saturated heterocycles. The van der Waals surface area contributed by atoms with Crippen molar-refractivity contribution in [2.75, 3.05) is 13.2 Å². The van der Waals surface area contributed by atoms with E-state index in [4.69, 9.17) is 9.47 Å². The fourth-order valence-electron chi connectivity index (χ4n) is 1.14. The zero-order valence-corrected chi connectivity index (χ0v) is 7.04. The summed E-state index contributed by atoms with van der Waals surface area (Å²) in [5, 5.41) is 0. The Morgan fingerprint density at radius 3 is 3.00 bits per heavy atom. The molecule has 0 aromatic carbocycles. The maximum absolute atomic E-state index is 10.9. The molecule has 1 heterocycles. The van der Waals surface area contributed by atoms with E-state index >= 15 is 0 Å². The SMILES string of the molecule is CCOC(=O)CC1CCOC1=O. The summed E-state index contributed by atoms with van der Waals surface area (Å²) in [7, 11) is 0. The first-order chi connectivity index (χ1) is 5.74. The molecule has 1 unspecified atom stereocenters. The second-order valence-corrected chi connectivity index (χ2v) is 2.66. The van der Waals surface area contributed by atoms with E-state index in [0.717, 1.165) is 0 Å². The van der Waals surface area contributed by atoms with Crippen molar-refractivity contribution < 1.29 is 19.1 Å². The number of hydrogen-bond donors (Lipinski definition) is 0. The number of esters is 2. The Labute approximate surface area is 70.8 Å². The van der Waals surface area contributed by atoms with Crippen LogP contribution >= 0.6 is 0 Å². The fraction of sp³-hybridized carbons (Fsp3) is 0.750. The molecule has 0 amide bonds.